The summed E-state index contributed by atoms with van der Waals surface area (Å²) in [5.41, 5.74) is 0.391. The Balaban J connectivity index is 1.81. The molecule has 0 aromatic heterocycles. The van der Waals surface area contributed by atoms with Gasteiger partial charge in [-0.1, -0.05) is 30.2 Å². The predicted octanol–water partition coefficient (Wildman–Crippen LogP) is 4.37. The van der Waals surface area contributed by atoms with Crippen molar-refractivity contribution >= 4 is 23.5 Å². The number of likely N-dealkylation sites (tertiary alicyclic amines) is 1. The highest BCUT2D eigenvalue weighted by molar-refractivity contribution is 6.30. The van der Waals surface area contributed by atoms with Gasteiger partial charge < -0.3 is 19.1 Å². The molecule has 1 heterocycles. The second-order valence-electron chi connectivity index (χ2n) is 9.05. The van der Waals surface area contributed by atoms with Crippen molar-refractivity contribution < 1.29 is 23.8 Å². The summed E-state index contributed by atoms with van der Waals surface area (Å²) in [5, 5.41) is 0.649. The lowest BCUT2D eigenvalue weighted by Crippen LogP contribution is -2.60. The zero-order valence-corrected chi connectivity index (χ0v) is 20.2. The summed E-state index contributed by atoms with van der Waals surface area (Å²) in [7, 11) is 0. The number of benzene rings is 1. The molecule has 1 aliphatic heterocycles. The first-order valence-electron chi connectivity index (χ1n) is 11.8. The van der Waals surface area contributed by atoms with E-state index in [1.54, 1.807) is 4.90 Å². The van der Waals surface area contributed by atoms with Gasteiger partial charge in [0.1, 0.15) is 6.04 Å². The van der Waals surface area contributed by atoms with Crippen LogP contribution >= 0.6 is 11.6 Å². The molecule has 3 rings (SSSR count). The number of halogens is 1. The molecule has 1 aromatic rings. The summed E-state index contributed by atoms with van der Waals surface area (Å²) < 4.78 is 16.8. The minimum Gasteiger partial charge on any atom is -0.461 e. The Kier molecular flexibility index (Phi) is 8.97. The third-order valence-electron chi connectivity index (χ3n) is 6.53. The van der Waals surface area contributed by atoms with E-state index in [1.165, 1.54) is 0 Å². The molecular weight excluding hydrogens is 430 g/mol. The van der Waals surface area contributed by atoms with Gasteiger partial charge in [0.25, 0.3) is 0 Å². The number of carbonyl (C=O) groups excluding carboxylic acids is 2. The fourth-order valence-electron chi connectivity index (χ4n) is 4.80. The normalized spacial score (nSPS) is 22.5. The Morgan fingerprint density at radius 2 is 1.81 bits per heavy atom. The maximum atomic E-state index is 14.0. The van der Waals surface area contributed by atoms with E-state index in [0.717, 1.165) is 37.7 Å². The topological polar surface area (TPSA) is 65.1 Å². The Bertz CT molecular complexity index is 762. The molecule has 7 heteroatoms. The molecule has 0 bridgehead atoms. The molecule has 2 atom stereocenters. The van der Waals surface area contributed by atoms with Gasteiger partial charge in [-0.15, -0.1) is 0 Å². The van der Waals surface area contributed by atoms with E-state index < -0.39 is 11.5 Å². The van der Waals surface area contributed by atoms with Gasteiger partial charge in [-0.2, -0.15) is 0 Å². The Hall–Kier alpha value is -1.63. The zero-order chi connectivity index (χ0) is 23.1. The highest BCUT2D eigenvalue weighted by Crippen LogP contribution is 2.46. The molecule has 1 aliphatic carbocycles. The van der Waals surface area contributed by atoms with Gasteiger partial charge in [0.05, 0.1) is 31.3 Å². The smallest absolute Gasteiger partial charge is 0.329 e. The van der Waals surface area contributed by atoms with Crippen LogP contribution in [0.25, 0.3) is 0 Å². The lowest BCUT2D eigenvalue weighted by Gasteiger charge is -2.48. The van der Waals surface area contributed by atoms with Gasteiger partial charge in [-0.05, 0) is 64.2 Å². The molecule has 1 saturated heterocycles. The third-order valence-corrected chi connectivity index (χ3v) is 6.78. The maximum absolute atomic E-state index is 14.0. The summed E-state index contributed by atoms with van der Waals surface area (Å²) in [6.45, 7) is 8.21. The number of hydrogen-bond acceptors (Lipinski definition) is 5. The van der Waals surface area contributed by atoms with Crippen molar-refractivity contribution in [2.75, 3.05) is 33.0 Å². The fourth-order valence-corrected chi connectivity index (χ4v) is 4.92. The van der Waals surface area contributed by atoms with E-state index in [0.29, 0.717) is 38.0 Å². The summed E-state index contributed by atoms with van der Waals surface area (Å²) >= 11 is 6.08. The molecule has 2 fully saturated rings. The fraction of sp³-hybridized carbons (Fsp3) is 0.680. The van der Waals surface area contributed by atoms with Gasteiger partial charge in [-0.3, -0.25) is 4.79 Å². The van der Waals surface area contributed by atoms with Crippen LogP contribution in [0.2, 0.25) is 5.02 Å². The molecule has 1 aromatic carbocycles. The van der Waals surface area contributed by atoms with Crippen LogP contribution in [0.4, 0.5) is 0 Å². The van der Waals surface area contributed by atoms with Crippen LogP contribution < -0.4 is 0 Å². The Labute approximate surface area is 196 Å². The van der Waals surface area contributed by atoms with Crippen LogP contribution in [0.3, 0.4) is 0 Å². The maximum Gasteiger partial charge on any atom is 0.329 e. The lowest BCUT2D eigenvalue weighted by molar-refractivity contribution is -0.168. The van der Waals surface area contributed by atoms with Gasteiger partial charge in [0, 0.05) is 24.1 Å². The van der Waals surface area contributed by atoms with Crippen LogP contribution in [0.1, 0.15) is 58.4 Å². The number of esters is 1. The molecule has 1 saturated carbocycles. The summed E-state index contributed by atoms with van der Waals surface area (Å²) in [4.78, 5) is 28.9. The van der Waals surface area contributed by atoms with E-state index in [-0.39, 0.29) is 23.9 Å². The van der Waals surface area contributed by atoms with Crippen LogP contribution in [0, 0.1) is 5.92 Å². The number of carbonyl (C=O) groups is 2. The molecular formula is C25H36ClNO5. The molecule has 32 heavy (non-hydrogen) atoms. The number of piperidine rings is 1. The van der Waals surface area contributed by atoms with E-state index in [2.05, 4.69) is 0 Å². The predicted molar refractivity (Wildman–Crippen MR) is 124 cm³/mol. The van der Waals surface area contributed by atoms with E-state index in [1.807, 2.05) is 45.0 Å². The molecule has 0 radical (unpaired) electrons. The summed E-state index contributed by atoms with van der Waals surface area (Å²) in [5.74, 6) is -0.407. The van der Waals surface area contributed by atoms with E-state index >= 15 is 0 Å². The largest absolute Gasteiger partial charge is 0.461 e. The van der Waals surface area contributed by atoms with Crippen LogP contribution in [0.15, 0.2) is 24.3 Å². The highest BCUT2D eigenvalue weighted by atomic mass is 35.5. The van der Waals surface area contributed by atoms with Crippen molar-refractivity contribution in [3.63, 3.8) is 0 Å². The number of ether oxygens (including phenoxy) is 3. The Morgan fingerprint density at radius 1 is 1.12 bits per heavy atom. The van der Waals surface area contributed by atoms with Gasteiger partial charge in [0.2, 0.25) is 5.91 Å². The number of rotatable bonds is 10. The molecule has 1 amide bonds. The summed E-state index contributed by atoms with van der Waals surface area (Å²) in [6, 6.07) is 6.92. The first-order chi connectivity index (χ1) is 15.4. The van der Waals surface area contributed by atoms with Crippen molar-refractivity contribution in [2.45, 2.75) is 70.4 Å². The minimum absolute atomic E-state index is 0.0239. The standard InChI is InChI=1S/C25H36ClNO5/c1-4-30-15-16-31-17-19-7-5-14-27(22(19)23(28)32-18(2)3)24(29)25(12-6-13-25)20-8-10-21(26)11-9-20/h8-11,18-19,22H,4-7,12-17H2,1-3H3. The lowest BCUT2D eigenvalue weighted by atomic mass is 9.63. The van der Waals surface area contributed by atoms with E-state index in [4.69, 9.17) is 25.8 Å². The van der Waals surface area contributed by atoms with Crippen molar-refractivity contribution in [3.8, 4) is 0 Å². The second kappa shape index (κ2) is 11.5. The van der Waals surface area contributed by atoms with Crippen molar-refractivity contribution in [2.24, 2.45) is 5.92 Å². The molecule has 6 nitrogen and oxygen atoms in total. The molecule has 0 spiro atoms. The Morgan fingerprint density at radius 3 is 2.41 bits per heavy atom. The second-order valence-corrected chi connectivity index (χ2v) is 9.48. The van der Waals surface area contributed by atoms with Crippen LogP contribution in [-0.2, 0) is 29.2 Å². The molecule has 2 aliphatic rings. The van der Waals surface area contributed by atoms with E-state index in [9.17, 15) is 9.59 Å². The molecule has 178 valence electrons. The SMILES string of the molecule is CCOCCOCC1CCCN(C(=O)C2(c3ccc(Cl)cc3)CCC2)C1C(=O)OC(C)C. The molecule has 2 unspecified atom stereocenters. The average Bonchev–Trinajstić information content (AvgIpc) is 2.73. The first-order valence-corrected chi connectivity index (χ1v) is 12.2. The number of hydrogen-bond donors (Lipinski definition) is 0. The van der Waals surface area contributed by atoms with Crippen LogP contribution in [-0.4, -0.2) is 61.9 Å². The van der Waals surface area contributed by atoms with Crippen LogP contribution in [0.5, 0.6) is 0 Å². The third kappa shape index (κ3) is 5.64. The highest BCUT2D eigenvalue weighted by Gasteiger charge is 2.51. The first kappa shape index (κ1) is 25.0. The van der Waals surface area contributed by atoms with Gasteiger partial charge >= 0.3 is 5.97 Å². The quantitative estimate of drug-likeness (QED) is 0.379. The zero-order valence-electron chi connectivity index (χ0n) is 19.5. The number of nitrogens with zero attached hydrogens (tertiary/aromatic N) is 1. The summed E-state index contributed by atoms with van der Waals surface area (Å²) in [6.07, 6.45) is 3.98. The monoisotopic (exact) mass is 465 g/mol. The minimum atomic E-state index is -0.629. The van der Waals surface area contributed by atoms with Crippen molar-refractivity contribution in [1.82, 2.24) is 4.90 Å². The van der Waals surface area contributed by atoms with Gasteiger partial charge in [0.15, 0.2) is 0 Å². The van der Waals surface area contributed by atoms with Crippen molar-refractivity contribution in [3.05, 3.63) is 34.9 Å². The van der Waals surface area contributed by atoms with Crippen molar-refractivity contribution in [1.29, 1.82) is 0 Å². The molecule has 0 N–H and O–H groups in total. The number of amides is 1. The average molecular weight is 466 g/mol. The van der Waals surface area contributed by atoms with Gasteiger partial charge in [-0.25, -0.2) is 4.79 Å².